The molecule has 1 saturated carbocycles. The molecule has 1 fully saturated rings. The topological polar surface area (TPSA) is 37.3 Å². The van der Waals surface area contributed by atoms with Crippen LogP contribution in [-0.2, 0) is 4.79 Å². The van der Waals surface area contributed by atoms with E-state index in [2.05, 4.69) is 0 Å². The highest BCUT2D eigenvalue weighted by atomic mass is 127. The maximum atomic E-state index is 10.7. The Balaban J connectivity index is 2.49. The van der Waals surface area contributed by atoms with Crippen LogP contribution in [0.4, 0.5) is 0 Å². The van der Waals surface area contributed by atoms with E-state index < -0.39 is 0 Å². The molecule has 0 saturated heterocycles. The summed E-state index contributed by atoms with van der Waals surface area (Å²) in [4.78, 5) is 10.7. The summed E-state index contributed by atoms with van der Waals surface area (Å²) >= 11 is 1.76. The van der Waals surface area contributed by atoms with Crippen molar-refractivity contribution < 1.29 is 9.90 Å². The van der Waals surface area contributed by atoms with Crippen LogP contribution in [0, 0.1) is 5.92 Å². The number of carbonyl (C=O) groups is 1. The van der Waals surface area contributed by atoms with Gasteiger partial charge in [0.2, 0.25) is 0 Å². The van der Waals surface area contributed by atoms with Crippen LogP contribution in [0.1, 0.15) is 19.3 Å². The lowest BCUT2D eigenvalue weighted by Gasteiger charge is -2.07. The molecule has 0 unspecified atom stereocenters. The number of carbonyl (C=O) groups excluding carboxylic acids is 1. The van der Waals surface area contributed by atoms with Crippen molar-refractivity contribution >= 4 is 26.4 Å². The molecule has 2 nitrogen and oxygen atoms in total. The summed E-state index contributed by atoms with van der Waals surface area (Å²) in [7, 11) is 0. The SMILES string of the molecule is O=C(I)[C@@H]1CCC[C@@H]1O. The Kier molecular flexibility index (Phi) is 2.46. The van der Waals surface area contributed by atoms with E-state index in [1.807, 2.05) is 0 Å². The number of halogens is 1. The Labute approximate surface area is 67.8 Å². The lowest BCUT2D eigenvalue weighted by molar-refractivity contribution is -0.114. The maximum absolute atomic E-state index is 10.7. The van der Waals surface area contributed by atoms with E-state index in [0.29, 0.717) is 0 Å². The van der Waals surface area contributed by atoms with Gasteiger partial charge in [0.15, 0.2) is 3.79 Å². The van der Waals surface area contributed by atoms with Gasteiger partial charge in [-0.3, -0.25) is 4.79 Å². The van der Waals surface area contributed by atoms with Gasteiger partial charge in [0.05, 0.1) is 12.0 Å². The Morgan fingerprint density at radius 1 is 1.56 bits per heavy atom. The normalized spacial score (nSPS) is 34.9. The van der Waals surface area contributed by atoms with Crippen molar-refractivity contribution in [2.75, 3.05) is 0 Å². The van der Waals surface area contributed by atoms with E-state index in [1.165, 1.54) is 0 Å². The van der Waals surface area contributed by atoms with Gasteiger partial charge in [-0.15, -0.1) is 0 Å². The standard InChI is InChI=1S/C6H9IO2/c7-6(9)4-2-1-3-5(4)8/h4-5,8H,1-3H2/t4-,5+/m1/s1. The summed E-state index contributed by atoms with van der Waals surface area (Å²) in [5, 5.41) is 9.13. The molecule has 0 bridgehead atoms. The predicted molar refractivity (Wildman–Crippen MR) is 42.4 cm³/mol. The summed E-state index contributed by atoms with van der Waals surface area (Å²) < 4.78 is 0.109. The highest BCUT2D eigenvalue weighted by Gasteiger charge is 2.29. The molecule has 0 heterocycles. The van der Waals surface area contributed by atoms with Gasteiger partial charge in [-0.2, -0.15) is 0 Å². The molecule has 0 aliphatic heterocycles. The minimum Gasteiger partial charge on any atom is -0.392 e. The molecule has 0 amide bonds. The zero-order valence-corrected chi connectivity index (χ0v) is 7.17. The number of hydrogen-bond donors (Lipinski definition) is 1. The van der Waals surface area contributed by atoms with Crippen LogP contribution < -0.4 is 0 Å². The zero-order chi connectivity index (χ0) is 6.85. The van der Waals surface area contributed by atoms with Gasteiger partial charge in [-0.25, -0.2) is 0 Å². The van der Waals surface area contributed by atoms with Crippen LogP contribution in [0.3, 0.4) is 0 Å². The van der Waals surface area contributed by atoms with Crippen molar-refractivity contribution in [2.24, 2.45) is 5.92 Å². The average Bonchev–Trinajstić information content (AvgIpc) is 2.13. The van der Waals surface area contributed by atoms with Gasteiger partial charge in [-0.05, 0) is 35.4 Å². The predicted octanol–water partition coefficient (Wildman–Crippen LogP) is 1.11. The van der Waals surface area contributed by atoms with Gasteiger partial charge >= 0.3 is 0 Å². The first-order chi connectivity index (χ1) is 4.22. The Bertz CT molecular complexity index is 124. The second kappa shape index (κ2) is 2.96. The fraction of sp³-hybridized carbons (Fsp3) is 0.833. The molecule has 0 aromatic heterocycles. The summed E-state index contributed by atoms with van der Waals surface area (Å²) in [6.07, 6.45) is 2.33. The van der Waals surface area contributed by atoms with E-state index in [4.69, 9.17) is 5.11 Å². The van der Waals surface area contributed by atoms with Crippen LogP contribution in [0.2, 0.25) is 0 Å². The van der Waals surface area contributed by atoms with Crippen molar-refractivity contribution in [1.29, 1.82) is 0 Å². The van der Waals surface area contributed by atoms with Crippen molar-refractivity contribution in [3.8, 4) is 0 Å². The molecule has 0 spiro atoms. The monoisotopic (exact) mass is 240 g/mol. The first-order valence-electron chi connectivity index (χ1n) is 3.09. The molecular weight excluding hydrogens is 231 g/mol. The number of rotatable bonds is 1. The van der Waals surface area contributed by atoms with Crippen molar-refractivity contribution in [1.82, 2.24) is 0 Å². The molecule has 3 heteroatoms. The minimum absolute atomic E-state index is 0.0643. The lowest BCUT2D eigenvalue weighted by Crippen LogP contribution is -2.18. The maximum Gasteiger partial charge on any atom is 0.198 e. The van der Waals surface area contributed by atoms with Gasteiger partial charge in [-0.1, -0.05) is 6.42 Å². The van der Waals surface area contributed by atoms with Gasteiger partial charge < -0.3 is 5.11 Å². The van der Waals surface area contributed by atoms with E-state index in [0.717, 1.165) is 19.3 Å². The number of aliphatic hydroxyl groups excluding tert-OH is 1. The zero-order valence-electron chi connectivity index (χ0n) is 5.01. The first kappa shape index (κ1) is 7.47. The first-order valence-corrected chi connectivity index (χ1v) is 4.17. The highest BCUT2D eigenvalue weighted by molar-refractivity contribution is 14.1. The summed E-state index contributed by atoms with van der Waals surface area (Å²) in [6, 6.07) is 0. The van der Waals surface area contributed by atoms with Crippen molar-refractivity contribution in [3.05, 3.63) is 0 Å². The van der Waals surface area contributed by atoms with Crippen LogP contribution in [-0.4, -0.2) is 15.0 Å². The summed E-state index contributed by atoms with van der Waals surface area (Å²) in [5.74, 6) is -0.0643. The Morgan fingerprint density at radius 2 is 2.22 bits per heavy atom. The van der Waals surface area contributed by atoms with Crippen LogP contribution in [0.15, 0.2) is 0 Å². The Morgan fingerprint density at radius 3 is 2.44 bits per heavy atom. The third-order valence-electron chi connectivity index (χ3n) is 1.77. The summed E-state index contributed by atoms with van der Waals surface area (Å²) in [5.41, 5.74) is 0. The average molecular weight is 240 g/mol. The van der Waals surface area contributed by atoms with Gasteiger partial charge in [0.25, 0.3) is 0 Å². The smallest absolute Gasteiger partial charge is 0.198 e. The number of hydrogen-bond acceptors (Lipinski definition) is 2. The van der Waals surface area contributed by atoms with E-state index in [-0.39, 0.29) is 15.8 Å². The largest absolute Gasteiger partial charge is 0.392 e. The van der Waals surface area contributed by atoms with E-state index in [9.17, 15) is 4.79 Å². The molecular formula is C6H9IO2. The minimum atomic E-state index is -0.352. The second-order valence-electron chi connectivity index (χ2n) is 2.41. The molecule has 1 aliphatic rings. The second-order valence-corrected chi connectivity index (χ2v) is 3.47. The molecule has 0 aromatic carbocycles. The van der Waals surface area contributed by atoms with E-state index >= 15 is 0 Å². The van der Waals surface area contributed by atoms with Crippen LogP contribution in [0.5, 0.6) is 0 Å². The molecule has 2 atom stereocenters. The molecule has 9 heavy (non-hydrogen) atoms. The molecule has 52 valence electrons. The summed E-state index contributed by atoms with van der Waals surface area (Å²) in [6.45, 7) is 0. The van der Waals surface area contributed by atoms with Gasteiger partial charge in [0.1, 0.15) is 0 Å². The van der Waals surface area contributed by atoms with Crippen LogP contribution in [0.25, 0.3) is 0 Å². The third kappa shape index (κ3) is 1.64. The van der Waals surface area contributed by atoms with Crippen LogP contribution >= 0.6 is 22.6 Å². The Hall–Kier alpha value is 0.360. The fourth-order valence-electron chi connectivity index (χ4n) is 1.21. The van der Waals surface area contributed by atoms with Gasteiger partial charge in [0, 0.05) is 0 Å². The highest BCUT2D eigenvalue weighted by Crippen LogP contribution is 2.27. The van der Waals surface area contributed by atoms with E-state index in [1.54, 1.807) is 22.6 Å². The molecule has 0 aromatic rings. The number of aliphatic hydroxyl groups is 1. The fourth-order valence-corrected chi connectivity index (χ4v) is 1.93. The third-order valence-corrected chi connectivity index (χ3v) is 2.57. The van der Waals surface area contributed by atoms with Crippen molar-refractivity contribution in [2.45, 2.75) is 25.4 Å². The molecule has 1 rings (SSSR count). The molecule has 1 N–H and O–H groups in total. The lowest BCUT2D eigenvalue weighted by atomic mass is 10.1. The molecule has 0 radical (unpaired) electrons. The van der Waals surface area contributed by atoms with Crippen molar-refractivity contribution in [3.63, 3.8) is 0 Å². The molecule has 1 aliphatic carbocycles. The quantitative estimate of drug-likeness (QED) is 0.550.